The van der Waals surface area contributed by atoms with Crippen LogP contribution >= 0.6 is 0 Å². The number of unbranched alkanes of at least 4 members (excludes halogenated alkanes) is 2. The van der Waals surface area contributed by atoms with Gasteiger partial charge < -0.3 is 9.47 Å². The van der Waals surface area contributed by atoms with Crippen LogP contribution in [0.1, 0.15) is 64.2 Å². The van der Waals surface area contributed by atoms with Gasteiger partial charge in [-0.15, -0.1) is 0 Å². The summed E-state index contributed by atoms with van der Waals surface area (Å²) in [5.74, 6) is 0. The summed E-state index contributed by atoms with van der Waals surface area (Å²) in [6.45, 7) is 0.639. The van der Waals surface area contributed by atoms with Gasteiger partial charge in [0.15, 0.2) is 0 Å². The molecular weight excluding hydrogens is 516 g/mol. The summed E-state index contributed by atoms with van der Waals surface area (Å²) < 4.78 is 177. The second-order valence-corrected chi connectivity index (χ2v) is 9.05. The Balaban J connectivity index is 2.18. The van der Waals surface area contributed by atoms with Gasteiger partial charge in [0.25, 0.3) is 0 Å². The van der Waals surface area contributed by atoms with Crippen LogP contribution in [-0.2, 0) is 14.2 Å². The van der Waals surface area contributed by atoms with Crippen molar-refractivity contribution in [2.24, 2.45) is 0 Å². The topological polar surface area (TPSA) is 34.3 Å². The predicted octanol–water partition coefficient (Wildman–Crippen LogP) is 7.43. The summed E-state index contributed by atoms with van der Waals surface area (Å²) in [7, 11) is 0. The van der Waals surface area contributed by atoms with Gasteiger partial charge >= 0.3 is 24.6 Å². The average Bonchev–Trinajstić information content (AvgIpc) is 3.54. The van der Waals surface area contributed by atoms with Crippen LogP contribution in [0.25, 0.3) is 0 Å². The molecule has 0 aliphatic carbocycles. The maximum atomic E-state index is 14.9. The number of halogens is 12. The van der Waals surface area contributed by atoms with Gasteiger partial charge in [0, 0.05) is 0 Å². The molecule has 208 valence electrons. The zero-order valence-electron chi connectivity index (χ0n) is 18.4. The smallest absolute Gasteiger partial charge is 0.373 e. The average molecular weight is 542 g/mol. The second-order valence-electron chi connectivity index (χ2n) is 9.05. The van der Waals surface area contributed by atoms with E-state index in [1.807, 2.05) is 0 Å². The lowest BCUT2D eigenvalue weighted by atomic mass is 9.90. The van der Waals surface area contributed by atoms with Gasteiger partial charge in [-0.3, -0.25) is 4.74 Å². The summed E-state index contributed by atoms with van der Waals surface area (Å²) in [6.07, 6.45) is -33.8. The van der Waals surface area contributed by atoms with Crippen LogP contribution in [0.4, 0.5) is 52.7 Å². The standard InChI is InChI=1S/C20H26F12O3/c21-15(11-17(23,24)25,7-3-1-5-13-9-33-13)19(29,30)35-20(31,32)16(22,12-18(26,27)28)8-4-2-6-14-10-34-14/h13-14H,1-12H2. The molecule has 0 radical (unpaired) electrons. The number of ether oxygens (including phenoxy) is 3. The lowest BCUT2D eigenvalue weighted by Gasteiger charge is -2.40. The first-order chi connectivity index (χ1) is 15.8. The van der Waals surface area contributed by atoms with Gasteiger partial charge in [-0.1, -0.05) is 12.8 Å². The Morgan fingerprint density at radius 2 is 0.857 bits per heavy atom. The number of hydrogen-bond donors (Lipinski definition) is 0. The molecule has 0 aromatic rings. The van der Waals surface area contributed by atoms with Gasteiger partial charge in [0.1, 0.15) is 0 Å². The molecule has 0 spiro atoms. The van der Waals surface area contributed by atoms with E-state index >= 15 is 0 Å². The first-order valence-electron chi connectivity index (χ1n) is 11.0. The van der Waals surface area contributed by atoms with Crippen LogP contribution in [0.15, 0.2) is 0 Å². The second kappa shape index (κ2) is 10.8. The molecular formula is C20H26F12O3. The normalized spacial score (nSPS) is 24.7. The summed E-state index contributed by atoms with van der Waals surface area (Å²) in [5, 5.41) is 0. The van der Waals surface area contributed by atoms with Crippen molar-refractivity contribution in [3.8, 4) is 0 Å². The molecule has 0 bridgehead atoms. The molecule has 2 heterocycles. The highest BCUT2D eigenvalue weighted by atomic mass is 19.4. The molecule has 4 atom stereocenters. The van der Waals surface area contributed by atoms with E-state index in [1.165, 1.54) is 0 Å². The van der Waals surface area contributed by atoms with Crippen molar-refractivity contribution in [1.29, 1.82) is 0 Å². The molecule has 2 saturated heterocycles. The lowest BCUT2D eigenvalue weighted by Crippen LogP contribution is -2.58. The van der Waals surface area contributed by atoms with Gasteiger partial charge in [-0.05, 0) is 38.5 Å². The molecule has 0 N–H and O–H groups in total. The minimum atomic E-state index is -5.97. The zero-order chi connectivity index (χ0) is 26.8. The van der Waals surface area contributed by atoms with Crippen LogP contribution < -0.4 is 0 Å². The lowest BCUT2D eigenvalue weighted by molar-refractivity contribution is -0.448. The molecule has 0 aromatic heterocycles. The molecule has 4 unspecified atom stereocenters. The van der Waals surface area contributed by atoms with Crippen molar-refractivity contribution in [3.05, 3.63) is 0 Å². The van der Waals surface area contributed by atoms with E-state index in [0.29, 0.717) is 13.2 Å². The molecule has 2 fully saturated rings. The van der Waals surface area contributed by atoms with Crippen molar-refractivity contribution in [1.82, 2.24) is 0 Å². The maximum Gasteiger partial charge on any atom is 0.394 e. The molecule has 35 heavy (non-hydrogen) atoms. The van der Waals surface area contributed by atoms with Gasteiger partial charge in [0.05, 0.1) is 38.3 Å². The number of hydrogen-bond acceptors (Lipinski definition) is 3. The van der Waals surface area contributed by atoms with E-state index in [2.05, 4.69) is 4.74 Å². The molecule has 2 aliphatic rings. The molecule has 2 rings (SSSR count). The zero-order valence-corrected chi connectivity index (χ0v) is 18.4. The maximum absolute atomic E-state index is 14.9. The van der Waals surface area contributed by atoms with E-state index in [4.69, 9.17) is 9.47 Å². The largest absolute Gasteiger partial charge is 0.394 e. The Morgan fingerprint density at radius 3 is 1.11 bits per heavy atom. The van der Waals surface area contributed by atoms with Crippen molar-refractivity contribution in [2.45, 2.75) is 112 Å². The quantitative estimate of drug-likeness (QED) is 0.116. The minimum Gasteiger partial charge on any atom is -0.373 e. The first-order valence-corrected chi connectivity index (χ1v) is 11.0. The fourth-order valence-electron chi connectivity index (χ4n) is 3.68. The van der Waals surface area contributed by atoms with Crippen LogP contribution in [0.3, 0.4) is 0 Å². The van der Waals surface area contributed by atoms with E-state index in [-0.39, 0.29) is 37.9 Å². The fourth-order valence-corrected chi connectivity index (χ4v) is 3.68. The predicted molar refractivity (Wildman–Crippen MR) is 96.4 cm³/mol. The van der Waals surface area contributed by atoms with Gasteiger partial charge in [0.2, 0.25) is 11.3 Å². The monoisotopic (exact) mass is 542 g/mol. The summed E-state index contributed by atoms with van der Waals surface area (Å²) >= 11 is 0. The summed E-state index contributed by atoms with van der Waals surface area (Å²) in [5.41, 5.74) is -9.55. The molecule has 0 aromatic carbocycles. The number of alkyl halides is 12. The number of rotatable bonds is 16. The summed E-state index contributed by atoms with van der Waals surface area (Å²) in [4.78, 5) is 0. The van der Waals surface area contributed by atoms with Crippen LogP contribution in [0, 0.1) is 0 Å². The molecule has 15 heteroatoms. The molecule has 2 aliphatic heterocycles. The summed E-state index contributed by atoms with van der Waals surface area (Å²) in [6, 6.07) is 0. The number of epoxide rings is 2. The third kappa shape index (κ3) is 9.78. The van der Waals surface area contributed by atoms with E-state index in [0.717, 1.165) is 0 Å². The van der Waals surface area contributed by atoms with Crippen molar-refractivity contribution >= 4 is 0 Å². The highest BCUT2D eigenvalue weighted by Crippen LogP contribution is 2.52. The third-order valence-electron chi connectivity index (χ3n) is 5.76. The Labute approximate surface area is 193 Å². The Kier molecular flexibility index (Phi) is 9.34. The van der Waals surface area contributed by atoms with E-state index < -0.39 is 74.4 Å². The first kappa shape index (κ1) is 30.3. The molecule has 0 saturated carbocycles. The van der Waals surface area contributed by atoms with Gasteiger partial charge in [-0.25, -0.2) is 8.78 Å². The highest BCUT2D eigenvalue weighted by Gasteiger charge is 2.69. The SMILES string of the molecule is FC(F)(F)CC(F)(CCCCC1CO1)C(F)(F)OC(F)(F)C(F)(CCCCC1CO1)CC(F)(F)F. The van der Waals surface area contributed by atoms with Crippen LogP contribution in [0.5, 0.6) is 0 Å². The fraction of sp³-hybridized carbons (Fsp3) is 1.00. The van der Waals surface area contributed by atoms with E-state index in [9.17, 15) is 52.7 Å². The van der Waals surface area contributed by atoms with Crippen molar-refractivity contribution in [2.75, 3.05) is 13.2 Å². The van der Waals surface area contributed by atoms with Gasteiger partial charge in [-0.2, -0.15) is 43.9 Å². The Hall–Kier alpha value is -0.960. The minimum absolute atomic E-state index is 0.0908. The molecule has 3 nitrogen and oxygen atoms in total. The Bertz CT molecular complexity index is 619. The van der Waals surface area contributed by atoms with E-state index in [1.54, 1.807) is 0 Å². The van der Waals surface area contributed by atoms with Crippen molar-refractivity contribution in [3.63, 3.8) is 0 Å². The van der Waals surface area contributed by atoms with Crippen molar-refractivity contribution < 1.29 is 66.9 Å². The molecule has 0 amide bonds. The third-order valence-corrected chi connectivity index (χ3v) is 5.76. The van der Waals surface area contributed by atoms with Crippen LogP contribution in [-0.4, -0.2) is 61.3 Å². The van der Waals surface area contributed by atoms with Crippen LogP contribution in [0.2, 0.25) is 0 Å². The highest BCUT2D eigenvalue weighted by molar-refractivity contribution is 4.96. The Morgan fingerprint density at radius 1 is 0.543 bits per heavy atom.